The standard InChI is InChI=1S/C24H20N2O5/c1-14-17(12-25)23(28)26(15(2)16-8-4-3-5-9-16)24(29)21(14)22(27)20-13-30-18-10-6-7-11-19(18)31-20/h3-11,15,20,29H,13H2,1-2H3. The lowest BCUT2D eigenvalue weighted by molar-refractivity contribution is 0.0581. The van der Waals surface area contributed by atoms with Crippen LogP contribution in [-0.4, -0.2) is 28.2 Å². The van der Waals surface area contributed by atoms with Gasteiger partial charge in [-0.2, -0.15) is 5.26 Å². The van der Waals surface area contributed by atoms with E-state index in [9.17, 15) is 20.0 Å². The molecule has 0 fully saturated rings. The second-order valence-electron chi connectivity index (χ2n) is 7.30. The molecule has 31 heavy (non-hydrogen) atoms. The highest BCUT2D eigenvalue weighted by atomic mass is 16.6. The topological polar surface area (TPSA) is 102 Å². The summed E-state index contributed by atoms with van der Waals surface area (Å²) in [5, 5.41) is 20.6. The number of ether oxygens (including phenoxy) is 2. The van der Waals surface area contributed by atoms with E-state index in [1.54, 1.807) is 43.3 Å². The molecule has 2 atom stereocenters. The van der Waals surface area contributed by atoms with Gasteiger partial charge >= 0.3 is 0 Å². The Morgan fingerprint density at radius 2 is 1.81 bits per heavy atom. The molecule has 1 aromatic heterocycles. The number of nitriles is 1. The Morgan fingerprint density at radius 3 is 2.48 bits per heavy atom. The molecule has 7 heteroatoms. The van der Waals surface area contributed by atoms with Crippen LogP contribution in [0.1, 0.15) is 40.0 Å². The summed E-state index contributed by atoms with van der Waals surface area (Å²) in [5.41, 5.74) is -0.101. The van der Waals surface area contributed by atoms with Crippen LogP contribution in [0.3, 0.4) is 0 Å². The molecule has 4 rings (SSSR count). The summed E-state index contributed by atoms with van der Waals surface area (Å²) >= 11 is 0. The molecule has 0 aliphatic carbocycles. The van der Waals surface area contributed by atoms with E-state index in [4.69, 9.17) is 9.47 Å². The molecule has 1 N–H and O–H groups in total. The predicted molar refractivity (Wildman–Crippen MR) is 113 cm³/mol. The molecule has 0 amide bonds. The summed E-state index contributed by atoms with van der Waals surface area (Å²) in [4.78, 5) is 26.3. The first-order valence-electron chi connectivity index (χ1n) is 9.79. The number of fused-ring (bicyclic) bond motifs is 1. The average Bonchev–Trinajstić information content (AvgIpc) is 2.79. The number of aromatic hydroxyl groups is 1. The number of rotatable bonds is 4. The van der Waals surface area contributed by atoms with Crippen molar-refractivity contribution < 1.29 is 19.4 Å². The van der Waals surface area contributed by atoms with Gasteiger partial charge in [0, 0.05) is 0 Å². The number of aromatic nitrogens is 1. The number of benzene rings is 2. The van der Waals surface area contributed by atoms with Gasteiger partial charge < -0.3 is 14.6 Å². The number of nitrogens with zero attached hydrogens (tertiary/aromatic N) is 2. The van der Waals surface area contributed by atoms with Gasteiger partial charge in [-0.25, -0.2) is 0 Å². The molecule has 0 bridgehead atoms. The Hall–Kier alpha value is -4.05. The monoisotopic (exact) mass is 416 g/mol. The number of carbonyl (C=O) groups is 1. The zero-order valence-electron chi connectivity index (χ0n) is 17.0. The number of carbonyl (C=O) groups excluding carboxylic acids is 1. The van der Waals surface area contributed by atoms with Crippen LogP contribution in [0.25, 0.3) is 0 Å². The summed E-state index contributed by atoms with van der Waals surface area (Å²) in [6, 6.07) is 17.3. The quantitative estimate of drug-likeness (QED) is 0.655. The Balaban J connectivity index is 1.82. The van der Waals surface area contributed by atoms with E-state index in [1.165, 1.54) is 6.92 Å². The first kappa shape index (κ1) is 20.2. The molecule has 1 aliphatic rings. The van der Waals surface area contributed by atoms with E-state index < -0.39 is 29.4 Å². The third-order valence-electron chi connectivity index (χ3n) is 5.46. The molecule has 0 radical (unpaired) electrons. The highest BCUT2D eigenvalue weighted by Gasteiger charge is 2.34. The van der Waals surface area contributed by atoms with Crippen molar-refractivity contribution >= 4 is 5.78 Å². The minimum Gasteiger partial charge on any atom is -0.494 e. The van der Waals surface area contributed by atoms with Crippen LogP contribution >= 0.6 is 0 Å². The first-order valence-corrected chi connectivity index (χ1v) is 9.79. The van der Waals surface area contributed by atoms with Gasteiger partial charge in [-0.05, 0) is 37.1 Å². The van der Waals surface area contributed by atoms with Gasteiger partial charge in [0.1, 0.15) is 18.2 Å². The molecule has 0 saturated carbocycles. The van der Waals surface area contributed by atoms with E-state index in [-0.39, 0.29) is 23.3 Å². The Morgan fingerprint density at radius 1 is 1.16 bits per heavy atom. The fourth-order valence-electron chi connectivity index (χ4n) is 3.77. The Bertz CT molecular complexity index is 1260. The summed E-state index contributed by atoms with van der Waals surface area (Å²) in [7, 11) is 0. The van der Waals surface area contributed by atoms with Crippen LogP contribution in [0.2, 0.25) is 0 Å². The van der Waals surface area contributed by atoms with Crippen molar-refractivity contribution in [1.82, 2.24) is 4.57 Å². The molecule has 1 aliphatic heterocycles. The van der Waals surface area contributed by atoms with Crippen molar-refractivity contribution in [3.63, 3.8) is 0 Å². The normalized spacial score (nSPS) is 15.7. The maximum Gasteiger partial charge on any atom is 0.272 e. The van der Waals surface area contributed by atoms with Gasteiger partial charge in [0.15, 0.2) is 17.6 Å². The van der Waals surface area contributed by atoms with Gasteiger partial charge in [-0.1, -0.05) is 42.5 Å². The summed E-state index contributed by atoms with van der Waals surface area (Å²) in [6.45, 7) is 3.14. The number of pyridine rings is 1. The van der Waals surface area contributed by atoms with E-state index in [0.29, 0.717) is 11.5 Å². The summed E-state index contributed by atoms with van der Waals surface area (Å²) < 4.78 is 12.5. The average molecular weight is 416 g/mol. The van der Waals surface area contributed by atoms with Gasteiger partial charge in [-0.15, -0.1) is 0 Å². The lowest BCUT2D eigenvalue weighted by Gasteiger charge is -2.27. The van der Waals surface area contributed by atoms with Gasteiger partial charge in [-0.3, -0.25) is 14.2 Å². The molecule has 2 aromatic carbocycles. The van der Waals surface area contributed by atoms with Crippen molar-refractivity contribution in [1.29, 1.82) is 5.26 Å². The molecule has 3 aromatic rings. The van der Waals surface area contributed by atoms with Crippen LogP contribution < -0.4 is 15.0 Å². The van der Waals surface area contributed by atoms with E-state index in [2.05, 4.69) is 0 Å². The lowest BCUT2D eigenvalue weighted by atomic mass is 9.97. The SMILES string of the molecule is Cc1c(C(=O)C2COc3ccccc3O2)c(O)n(C(C)c2ccccc2)c(=O)c1C#N. The van der Waals surface area contributed by atoms with Crippen molar-refractivity contribution in [2.24, 2.45) is 0 Å². The van der Waals surface area contributed by atoms with Gasteiger partial charge in [0.2, 0.25) is 11.7 Å². The summed E-state index contributed by atoms with van der Waals surface area (Å²) in [5.74, 6) is -0.121. The van der Waals surface area contributed by atoms with Crippen LogP contribution in [-0.2, 0) is 0 Å². The molecule has 0 saturated heterocycles. The summed E-state index contributed by atoms with van der Waals surface area (Å²) in [6.07, 6.45) is -1.02. The van der Waals surface area contributed by atoms with E-state index in [1.807, 2.05) is 24.3 Å². The highest BCUT2D eigenvalue weighted by Crippen LogP contribution is 2.34. The fraction of sp³-hybridized carbons (Fsp3) is 0.208. The molecule has 0 spiro atoms. The van der Waals surface area contributed by atoms with Crippen molar-refractivity contribution in [2.75, 3.05) is 6.61 Å². The number of Topliss-reactive ketones (excluding diaryl/α,β-unsaturated/α-hetero) is 1. The van der Waals surface area contributed by atoms with Crippen molar-refractivity contribution in [3.05, 3.63) is 87.2 Å². The van der Waals surface area contributed by atoms with Gasteiger partial charge in [0.25, 0.3) is 5.56 Å². The lowest BCUT2D eigenvalue weighted by Crippen LogP contribution is -2.38. The molecular weight excluding hydrogens is 396 g/mol. The molecule has 2 unspecified atom stereocenters. The zero-order chi connectivity index (χ0) is 22.1. The van der Waals surface area contributed by atoms with Crippen molar-refractivity contribution in [3.8, 4) is 23.4 Å². The number of hydrogen-bond acceptors (Lipinski definition) is 6. The maximum atomic E-state index is 13.4. The van der Waals surface area contributed by atoms with Crippen LogP contribution in [0.5, 0.6) is 17.4 Å². The Kier molecular flexibility index (Phi) is 5.22. The minimum atomic E-state index is -1.02. The van der Waals surface area contributed by atoms with Gasteiger partial charge in [0.05, 0.1) is 11.6 Å². The largest absolute Gasteiger partial charge is 0.494 e. The number of para-hydroxylation sites is 2. The molecular formula is C24H20N2O5. The zero-order valence-corrected chi connectivity index (χ0v) is 17.0. The minimum absolute atomic E-state index is 0.0516. The smallest absolute Gasteiger partial charge is 0.272 e. The second-order valence-corrected chi connectivity index (χ2v) is 7.30. The van der Waals surface area contributed by atoms with Crippen LogP contribution in [0, 0.1) is 18.3 Å². The van der Waals surface area contributed by atoms with Crippen LogP contribution in [0.15, 0.2) is 59.4 Å². The fourth-order valence-corrected chi connectivity index (χ4v) is 3.77. The Labute approximate surface area is 178 Å². The second kappa shape index (κ2) is 8.00. The van der Waals surface area contributed by atoms with Crippen LogP contribution in [0.4, 0.5) is 0 Å². The molecule has 7 nitrogen and oxygen atoms in total. The van der Waals surface area contributed by atoms with Crippen molar-refractivity contribution in [2.45, 2.75) is 26.0 Å². The molecule has 156 valence electrons. The van der Waals surface area contributed by atoms with E-state index in [0.717, 1.165) is 10.1 Å². The maximum absolute atomic E-state index is 13.4. The molecule has 2 heterocycles. The predicted octanol–water partition coefficient (Wildman–Crippen LogP) is 3.37. The third kappa shape index (κ3) is 3.42. The highest BCUT2D eigenvalue weighted by molar-refractivity contribution is 6.03. The first-order chi connectivity index (χ1) is 14.9. The van der Waals surface area contributed by atoms with E-state index >= 15 is 0 Å². The third-order valence-corrected chi connectivity index (χ3v) is 5.46. The number of ketones is 1. The number of hydrogen-bond donors (Lipinski definition) is 1.